The minimum absolute atomic E-state index is 0.0784. The molecule has 26 heavy (non-hydrogen) atoms. The first-order chi connectivity index (χ1) is 12.5. The molecule has 0 aliphatic heterocycles. The Kier molecular flexibility index (Phi) is 7.59. The van der Waals surface area contributed by atoms with E-state index in [1.165, 1.54) is 11.3 Å². The van der Waals surface area contributed by atoms with Crippen LogP contribution in [0.2, 0.25) is 0 Å². The number of hydrogen-bond acceptors (Lipinski definition) is 4. The summed E-state index contributed by atoms with van der Waals surface area (Å²) < 4.78 is 0. The molecule has 140 valence electrons. The van der Waals surface area contributed by atoms with E-state index in [1.54, 1.807) is 0 Å². The van der Waals surface area contributed by atoms with E-state index in [0.717, 1.165) is 37.2 Å². The number of rotatable bonds is 8. The average Bonchev–Trinajstić information content (AvgIpc) is 3.03. The van der Waals surface area contributed by atoms with E-state index in [9.17, 15) is 9.59 Å². The Morgan fingerprint density at radius 2 is 1.73 bits per heavy atom. The van der Waals surface area contributed by atoms with E-state index in [4.69, 9.17) is 0 Å². The minimum Gasteiger partial charge on any atom is -0.342 e. The summed E-state index contributed by atoms with van der Waals surface area (Å²) in [7, 11) is 0. The van der Waals surface area contributed by atoms with E-state index in [-0.39, 0.29) is 18.4 Å². The van der Waals surface area contributed by atoms with E-state index in [0.29, 0.717) is 10.8 Å². The Labute approximate surface area is 158 Å². The van der Waals surface area contributed by atoms with Gasteiger partial charge in [0.25, 0.3) is 0 Å². The quantitative estimate of drug-likeness (QED) is 0.724. The number of nitrogens with zero attached hydrogens (tertiary/aromatic N) is 2. The molecule has 1 aromatic carbocycles. The topological polar surface area (TPSA) is 74.3 Å². The first-order valence-electron chi connectivity index (χ1n) is 8.88. The average molecular weight is 375 g/mol. The number of amides is 3. The first-order valence-corrected chi connectivity index (χ1v) is 9.76. The fourth-order valence-electron chi connectivity index (χ4n) is 2.51. The summed E-state index contributed by atoms with van der Waals surface area (Å²) >= 11 is 1.32. The Morgan fingerprint density at radius 1 is 1.08 bits per heavy atom. The number of aromatic nitrogens is 1. The van der Waals surface area contributed by atoms with Gasteiger partial charge in [0.05, 0.1) is 12.1 Å². The summed E-state index contributed by atoms with van der Waals surface area (Å²) in [6.07, 6.45) is 2.14. The van der Waals surface area contributed by atoms with E-state index in [1.807, 2.05) is 41.5 Å². The van der Waals surface area contributed by atoms with E-state index >= 15 is 0 Å². The molecule has 6 nitrogen and oxygen atoms in total. The van der Waals surface area contributed by atoms with Crippen molar-refractivity contribution in [1.29, 1.82) is 0 Å². The van der Waals surface area contributed by atoms with Crippen LogP contribution < -0.4 is 10.6 Å². The van der Waals surface area contributed by atoms with Gasteiger partial charge in [0, 0.05) is 24.2 Å². The lowest BCUT2D eigenvalue weighted by Gasteiger charge is -2.20. The molecule has 2 N–H and O–H groups in total. The van der Waals surface area contributed by atoms with Crippen molar-refractivity contribution in [2.75, 3.05) is 23.7 Å². The molecule has 2 rings (SSSR count). The lowest BCUT2D eigenvalue weighted by atomic mass is 10.2. The second-order valence-electron chi connectivity index (χ2n) is 6.15. The Balaban J connectivity index is 1.89. The second kappa shape index (κ2) is 9.91. The third-order valence-electron chi connectivity index (χ3n) is 3.75. The molecule has 3 amide bonds. The Hall–Kier alpha value is -2.41. The molecule has 0 bridgehead atoms. The maximum Gasteiger partial charge on any atom is 0.325 e. The first kappa shape index (κ1) is 19.9. The van der Waals surface area contributed by atoms with Gasteiger partial charge in [-0.15, -0.1) is 11.3 Å². The number of carbonyl (C=O) groups is 2. The van der Waals surface area contributed by atoms with Crippen LogP contribution in [-0.2, 0) is 11.2 Å². The largest absolute Gasteiger partial charge is 0.342 e. The van der Waals surface area contributed by atoms with Crippen LogP contribution in [0.15, 0.2) is 29.6 Å². The molecule has 0 spiro atoms. The highest BCUT2D eigenvalue weighted by molar-refractivity contribution is 7.14. The van der Waals surface area contributed by atoms with Crippen LogP contribution in [0, 0.1) is 6.92 Å². The van der Waals surface area contributed by atoms with Crippen molar-refractivity contribution in [3.05, 3.63) is 40.9 Å². The number of nitrogens with one attached hydrogen (secondary N) is 2. The van der Waals surface area contributed by atoms with Gasteiger partial charge in [0.2, 0.25) is 5.91 Å². The zero-order valence-corrected chi connectivity index (χ0v) is 16.4. The SMILES string of the molecule is CCCN(CCC)C(=O)Cc1csc(NC(=O)Nc2ccc(C)cc2)n1. The molecule has 0 unspecified atom stereocenters. The number of benzene rings is 1. The third kappa shape index (κ3) is 6.15. The molecule has 1 aromatic heterocycles. The van der Waals surface area contributed by atoms with Crippen LogP contribution in [0.5, 0.6) is 0 Å². The third-order valence-corrected chi connectivity index (χ3v) is 4.56. The van der Waals surface area contributed by atoms with Crippen LogP contribution >= 0.6 is 11.3 Å². The zero-order valence-electron chi connectivity index (χ0n) is 15.5. The molecule has 0 atom stereocenters. The maximum absolute atomic E-state index is 12.4. The van der Waals surface area contributed by atoms with E-state index in [2.05, 4.69) is 29.5 Å². The summed E-state index contributed by atoms with van der Waals surface area (Å²) in [4.78, 5) is 30.6. The van der Waals surface area contributed by atoms with Crippen molar-refractivity contribution in [2.24, 2.45) is 0 Å². The standard InChI is InChI=1S/C19H26N4O2S/c1-4-10-23(11-5-2)17(24)12-16-13-26-19(21-16)22-18(25)20-15-8-6-14(3)7-9-15/h6-9,13H,4-5,10-12H2,1-3H3,(H2,20,21,22,25). The molecule has 0 saturated carbocycles. The number of hydrogen-bond donors (Lipinski definition) is 2. The van der Waals surface area contributed by atoms with E-state index < -0.39 is 0 Å². The minimum atomic E-state index is -0.348. The lowest BCUT2D eigenvalue weighted by molar-refractivity contribution is -0.130. The van der Waals surface area contributed by atoms with Crippen molar-refractivity contribution >= 4 is 34.1 Å². The number of thiazole rings is 1. The highest BCUT2D eigenvalue weighted by Gasteiger charge is 2.15. The summed E-state index contributed by atoms with van der Waals surface area (Å²) in [5, 5.41) is 7.77. The lowest BCUT2D eigenvalue weighted by Crippen LogP contribution is -2.33. The molecule has 0 saturated heterocycles. The molecule has 0 fully saturated rings. The van der Waals surface area contributed by atoms with Gasteiger partial charge in [-0.05, 0) is 31.9 Å². The monoisotopic (exact) mass is 374 g/mol. The normalized spacial score (nSPS) is 10.4. The molecule has 1 heterocycles. The second-order valence-corrected chi connectivity index (χ2v) is 7.00. The maximum atomic E-state index is 12.4. The number of anilines is 2. The Bertz CT molecular complexity index is 721. The predicted octanol–water partition coefficient (Wildman–Crippen LogP) is 4.29. The highest BCUT2D eigenvalue weighted by Crippen LogP contribution is 2.17. The van der Waals surface area contributed by atoms with Gasteiger partial charge in [0.1, 0.15) is 0 Å². The van der Waals surface area contributed by atoms with Crippen molar-refractivity contribution < 1.29 is 9.59 Å². The zero-order chi connectivity index (χ0) is 18.9. The summed E-state index contributed by atoms with van der Waals surface area (Å²) in [5.41, 5.74) is 2.53. The van der Waals surface area contributed by atoms with Crippen LogP contribution in [0.25, 0.3) is 0 Å². The molecule has 0 radical (unpaired) electrons. The molecular weight excluding hydrogens is 348 g/mol. The van der Waals surface area contributed by atoms with Gasteiger partial charge in [-0.25, -0.2) is 9.78 Å². The smallest absolute Gasteiger partial charge is 0.325 e. The molecule has 7 heteroatoms. The van der Waals surface area contributed by atoms with Crippen molar-refractivity contribution in [3.8, 4) is 0 Å². The molecule has 2 aromatic rings. The van der Waals surface area contributed by atoms with Gasteiger partial charge < -0.3 is 10.2 Å². The number of urea groups is 1. The van der Waals surface area contributed by atoms with Crippen LogP contribution in [0.1, 0.15) is 37.9 Å². The molecule has 0 aliphatic carbocycles. The van der Waals surface area contributed by atoms with Crippen molar-refractivity contribution in [2.45, 2.75) is 40.0 Å². The van der Waals surface area contributed by atoms with Gasteiger partial charge in [-0.1, -0.05) is 31.5 Å². The number of carbonyl (C=O) groups excluding carboxylic acids is 2. The molecular formula is C19H26N4O2S. The van der Waals surface area contributed by atoms with Crippen LogP contribution in [0.3, 0.4) is 0 Å². The van der Waals surface area contributed by atoms with Gasteiger partial charge in [-0.2, -0.15) is 0 Å². The fourth-order valence-corrected chi connectivity index (χ4v) is 3.22. The van der Waals surface area contributed by atoms with Crippen LogP contribution in [0.4, 0.5) is 15.6 Å². The van der Waals surface area contributed by atoms with Gasteiger partial charge >= 0.3 is 6.03 Å². The summed E-state index contributed by atoms with van der Waals surface area (Å²) in [6.45, 7) is 7.65. The molecule has 0 aliphatic rings. The summed E-state index contributed by atoms with van der Waals surface area (Å²) in [5.74, 6) is 0.0784. The summed E-state index contributed by atoms with van der Waals surface area (Å²) in [6, 6.07) is 7.20. The van der Waals surface area contributed by atoms with Crippen LogP contribution in [-0.4, -0.2) is 34.9 Å². The van der Waals surface area contributed by atoms with Crippen molar-refractivity contribution in [1.82, 2.24) is 9.88 Å². The fraction of sp³-hybridized carbons (Fsp3) is 0.421. The number of aryl methyl sites for hydroxylation is 1. The Morgan fingerprint density at radius 3 is 2.35 bits per heavy atom. The highest BCUT2D eigenvalue weighted by atomic mass is 32.1. The predicted molar refractivity (Wildman–Crippen MR) is 107 cm³/mol. The van der Waals surface area contributed by atoms with Gasteiger partial charge in [-0.3, -0.25) is 10.1 Å². The van der Waals surface area contributed by atoms with Gasteiger partial charge in [0.15, 0.2) is 5.13 Å². The van der Waals surface area contributed by atoms with Crippen molar-refractivity contribution in [3.63, 3.8) is 0 Å².